The van der Waals surface area contributed by atoms with Crippen molar-refractivity contribution in [3.63, 3.8) is 0 Å². The first-order valence-electron chi connectivity index (χ1n) is 19.2. The van der Waals surface area contributed by atoms with Gasteiger partial charge in [-0.05, 0) is 40.5 Å². The van der Waals surface area contributed by atoms with Gasteiger partial charge in [-0.2, -0.15) is 0 Å². The Labute approximate surface area is 329 Å². The number of carbonyl (C=O) groups excluding carboxylic acids is 2. The summed E-state index contributed by atoms with van der Waals surface area (Å²) in [4.78, 5) is 39.9. The van der Waals surface area contributed by atoms with Crippen molar-refractivity contribution >= 4 is 33.8 Å². The predicted molar refractivity (Wildman–Crippen MR) is 221 cm³/mol. The molecule has 0 aliphatic rings. The van der Waals surface area contributed by atoms with Gasteiger partial charge in [-0.25, -0.2) is 0 Å². The van der Waals surface area contributed by atoms with Crippen molar-refractivity contribution in [2.75, 3.05) is 98.9 Å². The molecule has 0 aliphatic heterocycles. The van der Waals surface area contributed by atoms with Gasteiger partial charge < -0.3 is 67.1 Å². The summed E-state index contributed by atoms with van der Waals surface area (Å²) in [6.45, 7) is 14.7. The van der Waals surface area contributed by atoms with Crippen LogP contribution in [0.2, 0.25) is 0 Å². The number of nitrogens with two attached hydrogens (primary N) is 2. The van der Waals surface area contributed by atoms with Crippen molar-refractivity contribution in [3.8, 4) is 23.0 Å². The van der Waals surface area contributed by atoms with Crippen LogP contribution in [-0.4, -0.2) is 116 Å². The highest BCUT2D eigenvalue weighted by molar-refractivity contribution is 5.98. The first-order chi connectivity index (χ1) is 27.0. The number of phenols is 1. The molecule has 1 heterocycles. The molecule has 16 heteroatoms. The molecular formula is C40H62N8O8. The molecule has 0 fully saturated rings. The van der Waals surface area contributed by atoms with Crippen molar-refractivity contribution in [2.24, 2.45) is 11.5 Å². The normalized spacial score (nSPS) is 11.1. The quantitative estimate of drug-likeness (QED) is 0.0298. The minimum absolute atomic E-state index is 0.0317. The third-order valence-electron chi connectivity index (χ3n) is 8.51. The van der Waals surface area contributed by atoms with E-state index < -0.39 is 5.43 Å². The van der Waals surface area contributed by atoms with Gasteiger partial charge in [-0.15, -0.1) is 0 Å². The first-order valence-corrected chi connectivity index (χ1v) is 19.2. The second-order valence-corrected chi connectivity index (χ2v) is 13.6. The van der Waals surface area contributed by atoms with Gasteiger partial charge in [0.1, 0.15) is 28.1 Å². The Bertz CT molecular complexity index is 1850. The van der Waals surface area contributed by atoms with Crippen molar-refractivity contribution in [2.45, 2.75) is 40.5 Å². The maximum atomic E-state index is 14.4. The summed E-state index contributed by atoms with van der Waals surface area (Å²) in [5.41, 5.74) is 13.5. The van der Waals surface area contributed by atoms with Gasteiger partial charge in [0, 0.05) is 102 Å². The summed E-state index contributed by atoms with van der Waals surface area (Å²) in [5, 5.41) is 30.4. The van der Waals surface area contributed by atoms with E-state index in [4.69, 9.17) is 30.1 Å². The summed E-state index contributed by atoms with van der Waals surface area (Å²) < 4.78 is 24.1. The lowest BCUT2D eigenvalue weighted by atomic mass is 9.98. The standard InChI is InChI=1S/C40H62N8O8/c1-26(2)6-8-28-30(54-24-34(49)47-20-18-45-16-14-43-12-10-41)22-32-37(38(28)51)39(52)36-29(9-7-27(3)4)40(53-5)33(23-31(36)56-32)55-25-35(50)48-21-19-46-17-15-44-13-11-42/h6-7,22-23,43-46,51H,8-21,24-25,41-42H2,1-5H3,(H,47,49)(H,48,50). The van der Waals surface area contributed by atoms with E-state index in [2.05, 4.69) is 31.9 Å². The Morgan fingerprint density at radius 2 is 1.12 bits per heavy atom. The molecule has 1 aromatic heterocycles. The lowest BCUT2D eigenvalue weighted by Gasteiger charge is -2.18. The number of ether oxygens (including phenoxy) is 3. The van der Waals surface area contributed by atoms with E-state index in [0.717, 1.165) is 50.4 Å². The van der Waals surface area contributed by atoms with E-state index in [0.29, 0.717) is 50.4 Å². The van der Waals surface area contributed by atoms with Crippen LogP contribution in [0.1, 0.15) is 38.8 Å². The van der Waals surface area contributed by atoms with E-state index >= 15 is 0 Å². The molecule has 3 aromatic rings. The SMILES string of the molecule is COc1c(OCC(=O)NCCNCCNCCN)cc2oc3cc(OCC(=O)NCCNCCNCCN)c(CC=C(C)C)c(O)c3c(=O)c2c1CC=C(C)C. The monoisotopic (exact) mass is 782 g/mol. The lowest BCUT2D eigenvalue weighted by Crippen LogP contribution is -2.37. The molecule has 0 saturated carbocycles. The zero-order valence-electron chi connectivity index (χ0n) is 33.6. The number of amides is 2. The number of fused-ring (bicyclic) bond motifs is 2. The molecule has 310 valence electrons. The number of phenolic OH excluding ortho intramolecular Hbond substituents is 1. The fraction of sp³-hybridized carbons (Fsp3) is 0.525. The Hall–Kier alpha value is -4.71. The van der Waals surface area contributed by atoms with Gasteiger partial charge in [0.25, 0.3) is 11.8 Å². The maximum absolute atomic E-state index is 14.4. The molecule has 0 saturated heterocycles. The van der Waals surface area contributed by atoms with Crippen LogP contribution in [0.15, 0.2) is 44.6 Å². The summed E-state index contributed by atoms with van der Waals surface area (Å²) in [5.74, 6) is -0.319. The van der Waals surface area contributed by atoms with Crippen LogP contribution in [0.25, 0.3) is 21.9 Å². The zero-order valence-corrected chi connectivity index (χ0v) is 33.6. The molecule has 2 aromatic carbocycles. The third-order valence-corrected chi connectivity index (χ3v) is 8.51. The molecule has 56 heavy (non-hydrogen) atoms. The van der Waals surface area contributed by atoms with Crippen LogP contribution < -0.4 is 63.0 Å². The molecule has 16 nitrogen and oxygen atoms in total. The Morgan fingerprint density at radius 3 is 1.62 bits per heavy atom. The van der Waals surface area contributed by atoms with Crippen LogP contribution in [0.5, 0.6) is 23.0 Å². The van der Waals surface area contributed by atoms with Crippen LogP contribution in [0.3, 0.4) is 0 Å². The molecule has 11 N–H and O–H groups in total. The Balaban J connectivity index is 1.93. The first kappa shape index (κ1) is 45.7. The largest absolute Gasteiger partial charge is 0.507 e. The summed E-state index contributed by atoms with van der Waals surface area (Å²) in [6.07, 6.45) is 4.36. The zero-order chi connectivity index (χ0) is 40.9. The second kappa shape index (κ2) is 24.7. The van der Waals surface area contributed by atoms with Gasteiger partial charge in [-0.3, -0.25) is 14.4 Å². The smallest absolute Gasteiger partial charge is 0.257 e. The average Bonchev–Trinajstić information content (AvgIpc) is 3.16. The minimum Gasteiger partial charge on any atom is -0.507 e. The van der Waals surface area contributed by atoms with Gasteiger partial charge in [0.05, 0.1) is 12.5 Å². The number of hydrogen-bond acceptors (Lipinski definition) is 14. The molecule has 0 spiro atoms. The topological polar surface area (TPSA) is 236 Å². The fourth-order valence-electron chi connectivity index (χ4n) is 5.69. The van der Waals surface area contributed by atoms with Crippen molar-refractivity contribution in [3.05, 3.63) is 56.8 Å². The molecule has 0 aliphatic carbocycles. The highest BCUT2D eigenvalue weighted by atomic mass is 16.5. The predicted octanol–water partition coefficient (Wildman–Crippen LogP) is 0.944. The third kappa shape index (κ3) is 14.4. The summed E-state index contributed by atoms with van der Waals surface area (Å²) in [6, 6.07) is 3.03. The Kier molecular flexibility index (Phi) is 20.2. The van der Waals surface area contributed by atoms with Crippen LogP contribution >= 0.6 is 0 Å². The maximum Gasteiger partial charge on any atom is 0.257 e. The van der Waals surface area contributed by atoms with E-state index in [-0.39, 0.29) is 82.8 Å². The molecule has 0 radical (unpaired) electrons. The lowest BCUT2D eigenvalue weighted by molar-refractivity contribution is -0.123. The highest BCUT2D eigenvalue weighted by Gasteiger charge is 2.25. The number of aromatic hydroxyl groups is 1. The molecule has 0 bridgehead atoms. The van der Waals surface area contributed by atoms with Crippen molar-refractivity contribution in [1.82, 2.24) is 31.9 Å². The minimum atomic E-state index is -0.474. The van der Waals surface area contributed by atoms with E-state index in [1.807, 2.05) is 39.8 Å². The van der Waals surface area contributed by atoms with Gasteiger partial charge >= 0.3 is 0 Å². The van der Waals surface area contributed by atoms with E-state index in [9.17, 15) is 19.5 Å². The van der Waals surface area contributed by atoms with Crippen molar-refractivity contribution in [1.29, 1.82) is 0 Å². The number of nitrogens with one attached hydrogen (secondary N) is 6. The highest BCUT2D eigenvalue weighted by Crippen LogP contribution is 2.41. The number of rotatable bonds is 27. The average molecular weight is 783 g/mol. The molecule has 2 amide bonds. The molecule has 0 atom stereocenters. The second-order valence-electron chi connectivity index (χ2n) is 13.6. The summed E-state index contributed by atoms with van der Waals surface area (Å²) >= 11 is 0. The van der Waals surface area contributed by atoms with Crippen molar-refractivity contribution < 1.29 is 33.3 Å². The number of benzene rings is 2. The van der Waals surface area contributed by atoms with E-state index in [1.165, 1.54) is 19.2 Å². The van der Waals surface area contributed by atoms with Crippen LogP contribution in [-0.2, 0) is 22.4 Å². The number of methoxy groups -OCH3 is 1. The summed E-state index contributed by atoms with van der Waals surface area (Å²) in [7, 11) is 1.46. The van der Waals surface area contributed by atoms with Gasteiger partial charge in [0.2, 0.25) is 5.43 Å². The number of allylic oxidation sites excluding steroid dienone is 4. The van der Waals surface area contributed by atoms with Crippen LogP contribution in [0.4, 0.5) is 0 Å². The van der Waals surface area contributed by atoms with E-state index in [1.54, 1.807) is 0 Å². The fourth-order valence-corrected chi connectivity index (χ4v) is 5.69. The van der Waals surface area contributed by atoms with Gasteiger partial charge in [-0.1, -0.05) is 23.3 Å². The number of carbonyl (C=O) groups is 2. The molecule has 0 unspecified atom stereocenters. The molecule has 3 rings (SSSR count). The Morgan fingerprint density at radius 1 is 0.679 bits per heavy atom. The van der Waals surface area contributed by atoms with Crippen LogP contribution in [0, 0.1) is 0 Å². The number of hydrogen-bond donors (Lipinski definition) is 9. The van der Waals surface area contributed by atoms with Gasteiger partial charge in [0.15, 0.2) is 24.7 Å². The molecular weight excluding hydrogens is 720 g/mol.